The van der Waals surface area contributed by atoms with Crippen molar-refractivity contribution in [3.8, 4) is 0 Å². The van der Waals surface area contributed by atoms with Gasteiger partial charge in [-0.3, -0.25) is 14.5 Å². The van der Waals surface area contributed by atoms with Gasteiger partial charge in [-0.15, -0.1) is 0 Å². The molecule has 1 aromatic carbocycles. The number of hydrogen-bond donors (Lipinski definition) is 0. The largest absolute Gasteiger partial charge is 0.270 e. The Balaban J connectivity index is 2.20. The number of amides is 2. The predicted octanol–water partition coefficient (Wildman–Crippen LogP) is 3.18. The highest BCUT2D eigenvalue weighted by molar-refractivity contribution is 6.21. The highest BCUT2D eigenvalue weighted by atomic mass is 19.1. The van der Waals surface area contributed by atoms with Gasteiger partial charge in [0.05, 0.1) is 24.0 Å². The summed E-state index contributed by atoms with van der Waals surface area (Å²) >= 11 is 0. The quantitative estimate of drug-likeness (QED) is 0.781. The van der Waals surface area contributed by atoms with Crippen LogP contribution in [0.25, 0.3) is 0 Å². The maximum atomic E-state index is 12.8. The van der Waals surface area contributed by atoms with E-state index < -0.39 is 0 Å². The minimum absolute atomic E-state index is 0.0288. The van der Waals surface area contributed by atoms with Crippen LogP contribution in [0.1, 0.15) is 41.0 Å². The molecule has 0 fully saturated rings. The summed E-state index contributed by atoms with van der Waals surface area (Å²) in [5.74, 6) is -0.412. The maximum Gasteiger partial charge on any atom is 0.261 e. The molecule has 1 aliphatic heterocycles. The number of fused-ring (bicyclic) bond motifs is 1. The van der Waals surface area contributed by atoms with Crippen LogP contribution in [0.4, 0.5) is 4.39 Å². The molecule has 1 heterocycles. The van der Waals surface area contributed by atoms with Gasteiger partial charge in [-0.25, -0.2) is 4.39 Å². The van der Waals surface area contributed by atoms with E-state index in [9.17, 15) is 14.0 Å². The molecule has 100 valence electrons. The van der Waals surface area contributed by atoms with Gasteiger partial charge < -0.3 is 0 Å². The summed E-state index contributed by atoms with van der Waals surface area (Å²) in [4.78, 5) is 25.3. The Bertz CT molecular complexity index is 514. The lowest BCUT2D eigenvalue weighted by Gasteiger charge is -2.16. The summed E-state index contributed by atoms with van der Waals surface area (Å²) < 4.78 is 12.8. The molecule has 2 amide bonds. The molecule has 0 radical (unpaired) electrons. The molecule has 0 aliphatic carbocycles. The van der Waals surface area contributed by atoms with E-state index in [0.717, 1.165) is 4.90 Å². The number of nitrogens with zero attached hydrogens (tertiary/aromatic N) is 1. The molecule has 0 bridgehead atoms. The van der Waals surface area contributed by atoms with Crippen LogP contribution >= 0.6 is 0 Å². The first-order valence-electron chi connectivity index (χ1n) is 6.28. The molecule has 0 atom stereocenters. The smallest absolute Gasteiger partial charge is 0.261 e. The Hall–Kier alpha value is -1.97. The fraction of sp³-hybridized carbons (Fsp3) is 0.333. The Morgan fingerprint density at radius 1 is 1.21 bits per heavy atom. The third-order valence-corrected chi connectivity index (χ3v) is 3.06. The third-order valence-electron chi connectivity index (χ3n) is 3.06. The van der Waals surface area contributed by atoms with Gasteiger partial charge in [0, 0.05) is 0 Å². The first kappa shape index (κ1) is 13.5. The standard InChI is InChI=1S/C15H16FNO2/c1-10(2)7-11(8-16)9-17-14(18)12-5-3-4-6-13(12)15(17)19/h3-6,8,10H,7,9H2,1-2H3/b11-8+. The fourth-order valence-corrected chi connectivity index (χ4v) is 2.25. The molecule has 0 saturated carbocycles. The summed E-state index contributed by atoms with van der Waals surface area (Å²) in [5.41, 5.74) is 1.26. The average molecular weight is 261 g/mol. The lowest BCUT2D eigenvalue weighted by atomic mass is 10.0. The number of benzene rings is 1. The molecular weight excluding hydrogens is 245 g/mol. The number of rotatable bonds is 4. The van der Waals surface area contributed by atoms with E-state index in [-0.39, 0.29) is 24.3 Å². The summed E-state index contributed by atoms with van der Waals surface area (Å²) in [7, 11) is 0. The molecule has 2 rings (SSSR count). The summed E-state index contributed by atoms with van der Waals surface area (Å²) in [6, 6.07) is 6.68. The fourth-order valence-electron chi connectivity index (χ4n) is 2.25. The third kappa shape index (κ3) is 2.57. The van der Waals surface area contributed by atoms with Crippen molar-refractivity contribution in [2.75, 3.05) is 6.54 Å². The first-order valence-corrected chi connectivity index (χ1v) is 6.28. The average Bonchev–Trinajstić information content (AvgIpc) is 2.63. The van der Waals surface area contributed by atoms with Gasteiger partial charge in [0.2, 0.25) is 0 Å². The van der Waals surface area contributed by atoms with Gasteiger partial charge in [0.1, 0.15) is 0 Å². The maximum absolute atomic E-state index is 12.8. The second kappa shape index (κ2) is 5.34. The minimum Gasteiger partial charge on any atom is -0.270 e. The van der Waals surface area contributed by atoms with Crippen molar-refractivity contribution in [3.05, 3.63) is 47.3 Å². The molecule has 19 heavy (non-hydrogen) atoms. The molecule has 0 N–H and O–H groups in total. The van der Waals surface area contributed by atoms with Crippen molar-refractivity contribution in [2.24, 2.45) is 5.92 Å². The molecule has 0 unspecified atom stereocenters. The first-order chi connectivity index (χ1) is 9.04. The molecule has 1 aliphatic rings. The number of halogens is 1. The van der Waals surface area contributed by atoms with Gasteiger partial charge in [-0.2, -0.15) is 0 Å². The van der Waals surface area contributed by atoms with Crippen molar-refractivity contribution in [3.63, 3.8) is 0 Å². The van der Waals surface area contributed by atoms with E-state index in [1.165, 1.54) is 0 Å². The molecule has 0 spiro atoms. The van der Waals surface area contributed by atoms with Crippen molar-refractivity contribution in [1.29, 1.82) is 0 Å². The van der Waals surface area contributed by atoms with Crippen molar-refractivity contribution in [2.45, 2.75) is 20.3 Å². The zero-order chi connectivity index (χ0) is 14.0. The van der Waals surface area contributed by atoms with Gasteiger partial charge in [0.25, 0.3) is 11.8 Å². The highest BCUT2D eigenvalue weighted by Gasteiger charge is 2.35. The Morgan fingerprint density at radius 3 is 2.16 bits per heavy atom. The van der Waals surface area contributed by atoms with Gasteiger partial charge in [0.15, 0.2) is 0 Å². The van der Waals surface area contributed by atoms with Crippen molar-refractivity contribution < 1.29 is 14.0 Å². The van der Waals surface area contributed by atoms with Gasteiger partial charge in [-0.05, 0) is 30.0 Å². The Morgan fingerprint density at radius 2 is 1.74 bits per heavy atom. The van der Waals surface area contributed by atoms with Crippen LogP contribution in [0.5, 0.6) is 0 Å². The monoisotopic (exact) mass is 261 g/mol. The van der Waals surface area contributed by atoms with Gasteiger partial charge in [-0.1, -0.05) is 26.0 Å². The number of hydrogen-bond acceptors (Lipinski definition) is 2. The van der Waals surface area contributed by atoms with Crippen molar-refractivity contribution >= 4 is 11.8 Å². The molecule has 0 aromatic heterocycles. The van der Waals surface area contributed by atoms with E-state index >= 15 is 0 Å². The summed E-state index contributed by atoms with van der Waals surface area (Å²) in [5, 5.41) is 0. The van der Waals surface area contributed by atoms with Crippen LogP contribution < -0.4 is 0 Å². The van der Waals surface area contributed by atoms with E-state index in [4.69, 9.17) is 0 Å². The molecule has 4 heteroatoms. The second-order valence-corrected chi connectivity index (χ2v) is 5.11. The Labute approximate surface area is 111 Å². The molecular formula is C15H16FNO2. The van der Waals surface area contributed by atoms with Crippen LogP contribution in [0.3, 0.4) is 0 Å². The lowest BCUT2D eigenvalue weighted by Crippen LogP contribution is -2.31. The normalized spacial score (nSPS) is 15.4. The van der Waals surface area contributed by atoms with Crippen LogP contribution in [-0.4, -0.2) is 23.3 Å². The minimum atomic E-state index is -0.344. The Kier molecular flexibility index (Phi) is 3.79. The van der Waals surface area contributed by atoms with Crippen LogP contribution in [0.2, 0.25) is 0 Å². The van der Waals surface area contributed by atoms with E-state index in [1.54, 1.807) is 24.3 Å². The number of carbonyl (C=O) groups excluding carboxylic acids is 2. The van der Waals surface area contributed by atoms with Gasteiger partial charge >= 0.3 is 0 Å². The van der Waals surface area contributed by atoms with Crippen molar-refractivity contribution in [1.82, 2.24) is 4.90 Å². The second-order valence-electron chi connectivity index (χ2n) is 5.11. The lowest BCUT2D eigenvalue weighted by molar-refractivity contribution is 0.0666. The van der Waals surface area contributed by atoms with E-state index in [1.807, 2.05) is 13.8 Å². The number of carbonyl (C=O) groups is 2. The van der Waals surface area contributed by atoms with E-state index in [2.05, 4.69) is 0 Å². The van der Waals surface area contributed by atoms with Crippen LogP contribution in [0, 0.1) is 5.92 Å². The predicted molar refractivity (Wildman–Crippen MR) is 70.5 cm³/mol. The zero-order valence-electron chi connectivity index (χ0n) is 11.0. The summed E-state index contributed by atoms with van der Waals surface area (Å²) in [6.07, 6.45) is 1.04. The van der Waals surface area contributed by atoms with Crippen LogP contribution in [0.15, 0.2) is 36.2 Å². The summed E-state index contributed by atoms with van der Waals surface area (Å²) in [6.45, 7) is 3.96. The topological polar surface area (TPSA) is 37.4 Å². The molecule has 1 aromatic rings. The zero-order valence-corrected chi connectivity index (χ0v) is 11.0. The molecule has 0 saturated heterocycles. The van der Waals surface area contributed by atoms with Crippen LogP contribution in [-0.2, 0) is 0 Å². The number of imide groups is 1. The molecule has 3 nitrogen and oxygen atoms in total. The highest BCUT2D eigenvalue weighted by Crippen LogP contribution is 2.24. The SMILES string of the molecule is CC(C)C/C(=C\F)CN1C(=O)c2ccccc2C1=O. The van der Waals surface area contributed by atoms with E-state index in [0.29, 0.717) is 29.5 Å².